The molecule has 1 aromatic rings. The predicted octanol–water partition coefficient (Wildman–Crippen LogP) is 4.68. The summed E-state index contributed by atoms with van der Waals surface area (Å²) >= 11 is 1.58. The molecule has 3 atom stereocenters. The summed E-state index contributed by atoms with van der Waals surface area (Å²) in [5, 5.41) is 15.9. The van der Waals surface area contributed by atoms with Crippen molar-refractivity contribution < 1.29 is 24.2 Å². The minimum Gasteiger partial charge on any atom is -0.508 e. The van der Waals surface area contributed by atoms with Crippen LogP contribution in [0, 0.1) is 6.92 Å². The van der Waals surface area contributed by atoms with Crippen molar-refractivity contribution in [3.63, 3.8) is 0 Å². The van der Waals surface area contributed by atoms with E-state index in [1.54, 1.807) is 62.6 Å². The molecule has 0 bridgehead atoms. The Labute approximate surface area is 219 Å². The molecule has 1 aliphatic rings. The van der Waals surface area contributed by atoms with Crippen molar-refractivity contribution in [2.75, 3.05) is 12.0 Å². The molecule has 3 amide bonds. The van der Waals surface area contributed by atoms with Gasteiger partial charge in [-0.1, -0.05) is 19.4 Å². The first-order chi connectivity index (χ1) is 16.9. The highest BCUT2D eigenvalue weighted by atomic mass is 32.2. The molecule has 3 N–H and O–H groups in total. The third kappa shape index (κ3) is 8.91. The van der Waals surface area contributed by atoms with E-state index >= 15 is 0 Å². The molecule has 9 heteroatoms. The molecule has 0 spiro atoms. The van der Waals surface area contributed by atoms with Gasteiger partial charge in [0.1, 0.15) is 23.4 Å². The summed E-state index contributed by atoms with van der Waals surface area (Å²) in [6.07, 6.45) is 5.02. The van der Waals surface area contributed by atoms with E-state index in [4.69, 9.17) is 4.74 Å². The molecule has 0 aliphatic heterocycles. The minimum atomic E-state index is -0.874. The van der Waals surface area contributed by atoms with Crippen LogP contribution in [0.2, 0.25) is 0 Å². The van der Waals surface area contributed by atoms with Crippen LogP contribution in [0.3, 0.4) is 0 Å². The van der Waals surface area contributed by atoms with Crippen molar-refractivity contribution in [3.8, 4) is 5.75 Å². The average Bonchev–Trinajstić information content (AvgIpc) is 3.60. The lowest BCUT2D eigenvalue weighted by atomic mass is 9.99. The number of nitrogens with zero attached hydrogens (tertiary/aromatic N) is 1. The largest absolute Gasteiger partial charge is 0.508 e. The van der Waals surface area contributed by atoms with Gasteiger partial charge in [0.05, 0.1) is 0 Å². The van der Waals surface area contributed by atoms with E-state index in [0.717, 1.165) is 25.7 Å². The van der Waals surface area contributed by atoms with Gasteiger partial charge >= 0.3 is 6.09 Å². The summed E-state index contributed by atoms with van der Waals surface area (Å²) in [6, 6.07) is 3.16. The van der Waals surface area contributed by atoms with Crippen LogP contribution < -0.4 is 10.6 Å². The second-order valence-corrected chi connectivity index (χ2v) is 11.6. The van der Waals surface area contributed by atoms with E-state index < -0.39 is 23.8 Å². The number of phenolic OH excluding ortho intramolecular Hbond substituents is 1. The van der Waals surface area contributed by atoms with Crippen LogP contribution in [0.25, 0.3) is 0 Å². The number of benzene rings is 1. The van der Waals surface area contributed by atoms with Crippen molar-refractivity contribution in [2.45, 2.75) is 103 Å². The fourth-order valence-electron chi connectivity index (χ4n) is 4.11. The molecule has 36 heavy (non-hydrogen) atoms. The van der Waals surface area contributed by atoms with Gasteiger partial charge in [-0.2, -0.15) is 11.8 Å². The van der Waals surface area contributed by atoms with E-state index in [1.807, 2.05) is 13.2 Å². The first-order valence-electron chi connectivity index (χ1n) is 12.8. The van der Waals surface area contributed by atoms with Crippen LogP contribution in [-0.4, -0.2) is 63.6 Å². The number of rotatable bonds is 12. The van der Waals surface area contributed by atoms with Crippen LogP contribution in [0.1, 0.15) is 83.9 Å². The van der Waals surface area contributed by atoms with Gasteiger partial charge in [0.25, 0.3) is 0 Å². The maximum absolute atomic E-state index is 14.0. The fourth-order valence-corrected chi connectivity index (χ4v) is 4.58. The maximum Gasteiger partial charge on any atom is 0.408 e. The molecule has 8 nitrogen and oxygen atoms in total. The first kappa shape index (κ1) is 29.8. The van der Waals surface area contributed by atoms with Gasteiger partial charge in [-0.05, 0) is 95.6 Å². The van der Waals surface area contributed by atoms with E-state index in [-0.39, 0.29) is 29.6 Å². The second kappa shape index (κ2) is 13.2. The Balaban J connectivity index is 2.45. The molecule has 3 unspecified atom stereocenters. The lowest BCUT2D eigenvalue weighted by molar-refractivity contribution is -0.143. The molecule has 2 rings (SSSR count). The zero-order chi connectivity index (χ0) is 27.0. The van der Waals surface area contributed by atoms with Crippen LogP contribution in [0.15, 0.2) is 18.2 Å². The van der Waals surface area contributed by atoms with Gasteiger partial charge in [0.2, 0.25) is 11.8 Å². The molecule has 1 aromatic carbocycles. The second-order valence-electron chi connectivity index (χ2n) is 10.6. The Morgan fingerprint density at radius 3 is 2.39 bits per heavy atom. The van der Waals surface area contributed by atoms with Gasteiger partial charge in [-0.3, -0.25) is 9.59 Å². The standard InChI is InChI=1S/C27H43N3O5S/c1-8-9-18(3)28-24(32)23(19-10-13-22(31)17(2)16-19)30(20-11-12-20)25(33)21(14-15-36-7)29-26(34)35-27(4,5)6/h10,13,16,18,20-21,23,31H,8-9,11-12,14-15H2,1-7H3,(H,28,32)(H,29,34). The molecule has 0 aromatic heterocycles. The Hall–Kier alpha value is -2.42. The molecule has 1 aliphatic carbocycles. The topological polar surface area (TPSA) is 108 Å². The molecular weight excluding hydrogens is 478 g/mol. The normalized spacial score (nSPS) is 16.0. The molecule has 0 saturated heterocycles. The number of alkyl carbamates (subject to hydrolysis) is 1. The van der Waals surface area contributed by atoms with Gasteiger partial charge in [0.15, 0.2) is 0 Å². The van der Waals surface area contributed by atoms with Gasteiger partial charge < -0.3 is 25.4 Å². The number of hydrogen-bond donors (Lipinski definition) is 3. The summed E-state index contributed by atoms with van der Waals surface area (Å²) in [7, 11) is 0. The monoisotopic (exact) mass is 521 g/mol. The number of aryl methyl sites for hydroxylation is 1. The number of carbonyl (C=O) groups is 3. The SMILES string of the molecule is CCCC(C)NC(=O)C(c1ccc(O)c(C)c1)N(C(=O)C(CCSC)NC(=O)OC(C)(C)C)C1CC1. The van der Waals surface area contributed by atoms with Crippen molar-refractivity contribution in [1.82, 2.24) is 15.5 Å². The average molecular weight is 522 g/mol. The van der Waals surface area contributed by atoms with Crippen molar-refractivity contribution in [3.05, 3.63) is 29.3 Å². The van der Waals surface area contributed by atoms with Crippen molar-refractivity contribution in [2.24, 2.45) is 0 Å². The highest BCUT2D eigenvalue weighted by molar-refractivity contribution is 7.98. The van der Waals surface area contributed by atoms with Crippen LogP contribution in [-0.2, 0) is 14.3 Å². The fraction of sp³-hybridized carbons (Fsp3) is 0.667. The third-order valence-corrected chi connectivity index (χ3v) is 6.61. The van der Waals surface area contributed by atoms with Crippen LogP contribution in [0.5, 0.6) is 5.75 Å². The summed E-state index contributed by atoms with van der Waals surface area (Å²) in [5.74, 6) is 0.229. The van der Waals surface area contributed by atoms with E-state index in [9.17, 15) is 19.5 Å². The third-order valence-electron chi connectivity index (χ3n) is 5.97. The number of hydrogen-bond acceptors (Lipinski definition) is 6. The highest BCUT2D eigenvalue weighted by Gasteiger charge is 2.44. The number of nitrogens with one attached hydrogen (secondary N) is 2. The Bertz CT molecular complexity index is 913. The smallest absolute Gasteiger partial charge is 0.408 e. The molecular formula is C27H43N3O5S. The molecule has 1 fully saturated rings. The molecule has 0 radical (unpaired) electrons. The van der Waals surface area contributed by atoms with E-state index in [2.05, 4.69) is 17.6 Å². The summed E-state index contributed by atoms with van der Waals surface area (Å²) in [6.45, 7) is 11.1. The van der Waals surface area contributed by atoms with Gasteiger partial charge in [0, 0.05) is 12.1 Å². The molecule has 0 heterocycles. The molecule has 1 saturated carbocycles. The highest BCUT2D eigenvalue weighted by Crippen LogP contribution is 2.37. The lowest BCUT2D eigenvalue weighted by Crippen LogP contribution is -2.54. The van der Waals surface area contributed by atoms with E-state index in [1.165, 1.54) is 0 Å². The van der Waals surface area contributed by atoms with Crippen LogP contribution in [0.4, 0.5) is 4.79 Å². The summed E-state index contributed by atoms with van der Waals surface area (Å²) in [5.41, 5.74) is 0.558. The summed E-state index contributed by atoms with van der Waals surface area (Å²) < 4.78 is 5.42. The van der Waals surface area contributed by atoms with Crippen molar-refractivity contribution in [1.29, 1.82) is 0 Å². The van der Waals surface area contributed by atoms with Crippen molar-refractivity contribution >= 4 is 29.7 Å². The van der Waals surface area contributed by atoms with Gasteiger partial charge in [-0.25, -0.2) is 4.79 Å². The Morgan fingerprint density at radius 2 is 1.86 bits per heavy atom. The minimum absolute atomic E-state index is 0.0495. The maximum atomic E-state index is 14.0. The van der Waals surface area contributed by atoms with Gasteiger partial charge in [-0.15, -0.1) is 0 Å². The molecule has 202 valence electrons. The number of amides is 3. The zero-order valence-electron chi connectivity index (χ0n) is 22.7. The number of phenols is 1. The number of ether oxygens (including phenoxy) is 1. The Morgan fingerprint density at radius 1 is 1.19 bits per heavy atom. The van der Waals surface area contributed by atoms with E-state index in [0.29, 0.717) is 23.3 Å². The lowest BCUT2D eigenvalue weighted by Gasteiger charge is -2.35. The number of aromatic hydroxyl groups is 1. The Kier molecular flexibility index (Phi) is 10.9. The first-order valence-corrected chi connectivity index (χ1v) is 14.2. The van der Waals surface area contributed by atoms with Crippen LogP contribution >= 0.6 is 11.8 Å². The zero-order valence-corrected chi connectivity index (χ0v) is 23.5. The summed E-state index contributed by atoms with van der Waals surface area (Å²) in [4.78, 5) is 41.9. The number of thioether (sulfide) groups is 1. The quantitative estimate of drug-likeness (QED) is 0.369. The predicted molar refractivity (Wildman–Crippen MR) is 144 cm³/mol. The number of carbonyl (C=O) groups excluding carboxylic acids is 3.